The maximum atomic E-state index is 13.1. The smallest absolute Gasteiger partial charge is 0.251 e. The van der Waals surface area contributed by atoms with Gasteiger partial charge in [0.05, 0.1) is 0 Å². The molecule has 20 heavy (non-hydrogen) atoms. The predicted octanol–water partition coefficient (Wildman–Crippen LogP) is 2.82. The van der Waals surface area contributed by atoms with Crippen molar-refractivity contribution >= 4 is 5.91 Å². The minimum absolute atomic E-state index is 0.0429. The fourth-order valence-corrected chi connectivity index (χ4v) is 2.97. The first kappa shape index (κ1) is 15.0. The largest absolute Gasteiger partial charge is 0.350 e. The van der Waals surface area contributed by atoms with Crippen LogP contribution in [0.5, 0.6) is 0 Å². The molecule has 1 aromatic carbocycles. The molecule has 0 radical (unpaired) electrons. The fourth-order valence-electron chi connectivity index (χ4n) is 2.97. The highest BCUT2D eigenvalue weighted by Crippen LogP contribution is 2.31. The first-order valence-electron chi connectivity index (χ1n) is 7.25. The highest BCUT2D eigenvalue weighted by molar-refractivity contribution is 5.94. The molecule has 0 heterocycles. The van der Waals surface area contributed by atoms with Crippen LogP contribution in [0.4, 0.5) is 4.39 Å². The molecule has 1 aliphatic rings. The Labute approximate surface area is 120 Å². The maximum Gasteiger partial charge on any atom is 0.251 e. The number of nitrogens with one attached hydrogen (secondary N) is 1. The van der Waals surface area contributed by atoms with E-state index >= 15 is 0 Å². The average molecular weight is 278 g/mol. The molecule has 0 saturated heterocycles. The minimum atomic E-state index is -0.377. The van der Waals surface area contributed by atoms with Crippen molar-refractivity contribution in [2.45, 2.75) is 37.6 Å². The molecule has 110 valence electrons. The zero-order valence-electron chi connectivity index (χ0n) is 12.3. The molecule has 0 atom stereocenters. The van der Waals surface area contributed by atoms with E-state index in [1.165, 1.54) is 31.4 Å². The minimum Gasteiger partial charge on any atom is -0.350 e. The van der Waals surface area contributed by atoms with Gasteiger partial charge >= 0.3 is 0 Å². The lowest BCUT2D eigenvalue weighted by Crippen LogP contribution is -2.53. The van der Waals surface area contributed by atoms with Crippen molar-refractivity contribution in [2.24, 2.45) is 0 Å². The molecule has 1 fully saturated rings. The lowest BCUT2D eigenvalue weighted by atomic mass is 9.80. The third-order valence-corrected chi connectivity index (χ3v) is 4.40. The standard InChI is InChI=1S/C16H23FN2O/c1-19(2)16(9-4-3-5-10-16)12-18-15(20)13-7-6-8-14(17)11-13/h6-8,11H,3-5,9-10,12H2,1-2H3,(H,18,20). The van der Waals surface area contributed by atoms with Crippen LogP contribution in [-0.4, -0.2) is 37.0 Å². The Balaban J connectivity index is 2.00. The van der Waals surface area contributed by atoms with E-state index in [1.807, 2.05) is 0 Å². The number of hydrogen-bond donors (Lipinski definition) is 1. The van der Waals surface area contributed by atoms with Gasteiger partial charge in [-0.25, -0.2) is 4.39 Å². The highest BCUT2D eigenvalue weighted by Gasteiger charge is 2.34. The molecule has 3 nitrogen and oxygen atoms in total. The van der Waals surface area contributed by atoms with E-state index < -0.39 is 0 Å². The van der Waals surface area contributed by atoms with Gasteiger partial charge in [-0.3, -0.25) is 4.79 Å². The third-order valence-electron chi connectivity index (χ3n) is 4.40. The van der Waals surface area contributed by atoms with Gasteiger partial charge in [0.15, 0.2) is 0 Å². The Morgan fingerprint density at radius 2 is 2.00 bits per heavy atom. The Morgan fingerprint density at radius 3 is 2.60 bits per heavy atom. The summed E-state index contributed by atoms with van der Waals surface area (Å²) < 4.78 is 13.1. The number of benzene rings is 1. The molecule has 0 aromatic heterocycles. The summed E-state index contributed by atoms with van der Waals surface area (Å²) in [7, 11) is 4.14. The summed E-state index contributed by atoms with van der Waals surface area (Å²) in [4.78, 5) is 14.3. The predicted molar refractivity (Wildman–Crippen MR) is 78.2 cm³/mol. The lowest BCUT2D eigenvalue weighted by molar-refractivity contribution is 0.0799. The van der Waals surface area contributed by atoms with Crippen molar-refractivity contribution in [3.05, 3.63) is 35.6 Å². The van der Waals surface area contributed by atoms with E-state index in [0.29, 0.717) is 12.1 Å². The van der Waals surface area contributed by atoms with Crippen LogP contribution in [0.3, 0.4) is 0 Å². The Bertz CT molecular complexity index is 467. The van der Waals surface area contributed by atoms with Gasteiger partial charge in [-0.1, -0.05) is 25.3 Å². The molecule has 1 saturated carbocycles. The summed E-state index contributed by atoms with van der Waals surface area (Å²) in [5, 5.41) is 2.97. The molecule has 1 aromatic rings. The first-order valence-corrected chi connectivity index (χ1v) is 7.25. The van der Waals surface area contributed by atoms with Gasteiger partial charge in [0.1, 0.15) is 5.82 Å². The van der Waals surface area contributed by atoms with Crippen LogP contribution in [0.1, 0.15) is 42.5 Å². The van der Waals surface area contributed by atoms with Crippen molar-refractivity contribution in [3.63, 3.8) is 0 Å². The van der Waals surface area contributed by atoms with Gasteiger partial charge in [0.2, 0.25) is 0 Å². The SMILES string of the molecule is CN(C)C1(CNC(=O)c2cccc(F)c2)CCCCC1. The van der Waals surface area contributed by atoms with Crippen LogP contribution in [0, 0.1) is 5.82 Å². The number of amides is 1. The quantitative estimate of drug-likeness (QED) is 0.918. The third kappa shape index (κ3) is 3.37. The second-order valence-corrected chi connectivity index (χ2v) is 5.87. The van der Waals surface area contributed by atoms with Crippen LogP contribution in [0.25, 0.3) is 0 Å². The summed E-state index contributed by atoms with van der Waals surface area (Å²) in [5.74, 6) is -0.575. The van der Waals surface area contributed by atoms with E-state index in [-0.39, 0.29) is 17.3 Å². The maximum absolute atomic E-state index is 13.1. The summed E-state index contributed by atoms with van der Waals surface area (Å²) >= 11 is 0. The van der Waals surface area contributed by atoms with E-state index in [9.17, 15) is 9.18 Å². The van der Waals surface area contributed by atoms with Crippen LogP contribution in [0.2, 0.25) is 0 Å². The molecule has 1 N–H and O–H groups in total. The number of rotatable bonds is 4. The normalized spacial score (nSPS) is 18.0. The topological polar surface area (TPSA) is 32.3 Å². The Kier molecular flexibility index (Phi) is 4.76. The summed E-state index contributed by atoms with van der Waals surface area (Å²) in [6.07, 6.45) is 5.88. The molecule has 1 aliphatic carbocycles. The first-order chi connectivity index (χ1) is 9.53. The molecular weight excluding hydrogens is 255 g/mol. The van der Waals surface area contributed by atoms with E-state index in [2.05, 4.69) is 24.3 Å². The molecule has 0 unspecified atom stereocenters. The number of halogens is 1. The van der Waals surface area contributed by atoms with Gasteiger partial charge in [-0.2, -0.15) is 0 Å². The fraction of sp³-hybridized carbons (Fsp3) is 0.562. The van der Waals surface area contributed by atoms with Crippen molar-refractivity contribution in [3.8, 4) is 0 Å². The highest BCUT2D eigenvalue weighted by atomic mass is 19.1. The van der Waals surface area contributed by atoms with Gasteiger partial charge in [-0.15, -0.1) is 0 Å². The number of nitrogens with zero attached hydrogens (tertiary/aromatic N) is 1. The molecule has 0 aliphatic heterocycles. The Hall–Kier alpha value is -1.42. The number of likely N-dealkylation sites (N-methyl/N-ethyl adjacent to an activating group) is 1. The summed E-state index contributed by atoms with van der Waals surface area (Å²) in [6.45, 7) is 0.620. The lowest BCUT2D eigenvalue weighted by Gasteiger charge is -2.43. The van der Waals surface area contributed by atoms with Crippen LogP contribution in [0.15, 0.2) is 24.3 Å². The summed E-state index contributed by atoms with van der Waals surface area (Å²) in [5.41, 5.74) is 0.427. The van der Waals surface area contributed by atoms with Gasteiger partial charge in [-0.05, 0) is 45.1 Å². The Morgan fingerprint density at radius 1 is 1.30 bits per heavy atom. The molecule has 1 amide bonds. The van der Waals surface area contributed by atoms with Gasteiger partial charge in [0.25, 0.3) is 5.91 Å². The van der Waals surface area contributed by atoms with Crippen molar-refractivity contribution in [2.75, 3.05) is 20.6 Å². The monoisotopic (exact) mass is 278 g/mol. The van der Waals surface area contributed by atoms with Crippen molar-refractivity contribution in [1.29, 1.82) is 0 Å². The number of carbonyl (C=O) groups excluding carboxylic acids is 1. The zero-order chi connectivity index (χ0) is 14.6. The van der Waals surface area contributed by atoms with Crippen molar-refractivity contribution < 1.29 is 9.18 Å². The zero-order valence-corrected chi connectivity index (χ0v) is 12.3. The van der Waals surface area contributed by atoms with Gasteiger partial charge in [0, 0.05) is 17.6 Å². The second kappa shape index (κ2) is 6.35. The molecular formula is C16H23FN2O. The van der Waals surface area contributed by atoms with Gasteiger partial charge < -0.3 is 10.2 Å². The van der Waals surface area contributed by atoms with Crippen LogP contribution >= 0.6 is 0 Å². The second-order valence-electron chi connectivity index (χ2n) is 5.87. The molecule has 4 heteroatoms. The molecule has 0 spiro atoms. The average Bonchev–Trinajstić information content (AvgIpc) is 2.45. The molecule has 0 bridgehead atoms. The summed E-state index contributed by atoms with van der Waals surface area (Å²) in [6, 6.07) is 5.83. The molecule has 2 rings (SSSR count). The van der Waals surface area contributed by atoms with E-state index in [1.54, 1.807) is 12.1 Å². The van der Waals surface area contributed by atoms with Crippen LogP contribution in [-0.2, 0) is 0 Å². The van der Waals surface area contributed by atoms with Crippen LogP contribution < -0.4 is 5.32 Å². The van der Waals surface area contributed by atoms with Crippen molar-refractivity contribution in [1.82, 2.24) is 10.2 Å². The van der Waals surface area contributed by atoms with E-state index in [0.717, 1.165) is 12.8 Å². The number of carbonyl (C=O) groups is 1. The van der Waals surface area contributed by atoms with E-state index in [4.69, 9.17) is 0 Å². The number of hydrogen-bond acceptors (Lipinski definition) is 2.